The Morgan fingerprint density at radius 3 is 1.54 bits per heavy atom. The Bertz CT molecular complexity index is 1360. The van der Waals surface area contributed by atoms with E-state index in [0.29, 0.717) is 31.8 Å². The highest BCUT2D eigenvalue weighted by molar-refractivity contribution is 7.98. The number of hydrogen-bond donors (Lipinski definition) is 0. The fourth-order valence-corrected chi connectivity index (χ4v) is 5.07. The van der Waals surface area contributed by atoms with Crippen molar-refractivity contribution in [1.29, 1.82) is 0 Å². The molecule has 1 radical (unpaired) electrons. The van der Waals surface area contributed by atoms with E-state index in [1.807, 2.05) is 72.8 Å². The molecule has 0 aliphatic heterocycles. The number of halogens is 4. The molecule has 3 nitrogen and oxygen atoms in total. The lowest BCUT2D eigenvalue weighted by Crippen LogP contribution is -2.14. The maximum atomic E-state index is 6.35. The highest BCUT2D eigenvalue weighted by Crippen LogP contribution is 2.32. The van der Waals surface area contributed by atoms with E-state index in [1.165, 1.54) is 23.9 Å². The summed E-state index contributed by atoms with van der Waals surface area (Å²) < 4.78 is 9.42. The molecule has 0 unspecified atom stereocenters. The Labute approximate surface area is 232 Å². The molecular formula is C26H16Cl4N3S2. The molecule has 4 rings (SSSR count). The Morgan fingerprint density at radius 2 is 1.03 bits per heavy atom. The van der Waals surface area contributed by atoms with Crippen LogP contribution in [0.4, 0.5) is 0 Å². The van der Waals surface area contributed by atoms with Crippen LogP contribution in [0, 0.1) is 0 Å². The zero-order valence-electron chi connectivity index (χ0n) is 17.9. The van der Waals surface area contributed by atoms with Crippen LogP contribution in [-0.2, 0) is 0 Å². The first-order valence-electron chi connectivity index (χ1n) is 10.2. The first-order chi connectivity index (χ1) is 17.0. The number of amidine groups is 2. The molecule has 0 aromatic heterocycles. The maximum absolute atomic E-state index is 6.35. The Balaban J connectivity index is 1.71. The second kappa shape index (κ2) is 12.7. The number of hydrogen-bond acceptors (Lipinski definition) is 3. The van der Waals surface area contributed by atoms with E-state index in [9.17, 15) is 0 Å². The molecule has 0 spiro atoms. The van der Waals surface area contributed by atoms with E-state index >= 15 is 0 Å². The lowest BCUT2D eigenvalue weighted by atomic mass is 10.2. The predicted octanol–water partition coefficient (Wildman–Crippen LogP) is 9.51. The van der Waals surface area contributed by atoms with Crippen LogP contribution in [0.1, 0.15) is 11.1 Å². The molecular weight excluding hydrogens is 560 g/mol. The van der Waals surface area contributed by atoms with Crippen molar-refractivity contribution >= 4 is 82.0 Å². The van der Waals surface area contributed by atoms with Crippen LogP contribution in [0.3, 0.4) is 0 Å². The van der Waals surface area contributed by atoms with Gasteiger partial charge in [0, 0.05) is 54.9 Å². The standard InChI is InChI=1S/C26H16Cl4N3S2/c27-19-11-13-23(21(29)15-19)34-32-25(17-7-3-1-4-8-17)31-26(18-9-5-2-6-10-18)33-35-24-14-12-20(28)16-22(24)30/h1-16H/b31-25?,33-26+. The Hall–Kier alpha value is -2.12. The predicted molar refractivity (Wildman–Crippen MR) is 153 cm³/mol. The minimum atomic E-state index is 0.493. The molecule has 0 N–H and O–H groups in total. The van der Waals surface area contributed by atoms with Crippen LogP contribution in [-0.4, -0.2) is 11.7 Å². The van der Waals surface area contributed by atoms with E-state index in [4.69, 9.17) is 60.5 Å². The van der Waals surface area contributed by atoms with E-state index in [-0.39, 0.29) is 0 Å². The molecule has 0 saturated carbocycles. The van der Waals surface area contributed by atoms with Gasteiger partial charge in [0.1, 0.15) is 0 Å². The lowest BCUT2D eigenvalue weighted by Gasteiger charge is -2.10. The summed E-state index contributed by atoms with van der Waals surface area (Å²) in [5.74, 6) is 0.985. The molecule has 0 atom stereocenters. The maximum Gasteiger partial charge on any atom is 0.169 e. The van der Waals surface area contributed by atoms with Crippen molar-refractivity contribution in [1.82, 2.24) is 4.72 Å². The largest absolute Gasteiger partial charge is 0.207 e. The van der Waals surface area contributed by atoms with Crippen LogP contribution < -0.4 is 4.72 Å². The zero-order valence-corrected chi connectivity index (χ0v) is 22.6. The third kappa shape index (κ3) is 7.43. The Morgan fingerprint density at radius 1 is 0.543 bits per heavy atom. The highest BCUT2D eigenvalue weighted by Gasteiger charge is 2.13. The molecule has 0 heterocycles. The molecule has 0 aliphatic carbocycles. The number of aliphatic imine (C=N–C) groups is 1. The second-order valence-corrected chi connectivity index (χ2v) is 10.3. The van der Waals surface area contributed by atoms with Gasteiger partial charge in [0.15, 0.2) is 11.7 Å². The summed E-state index contributed by atoms with van der Waals surface area (Å²) in [7, 11) is 0. The average molecular weight is 576 g/mol. The summed E-state index contributed by atoms with van der Waals surface area (Å²) in [4.78, 5) is 6.39. The van der Waals surface area contributed by atoms with Gasteiger partial charge in [-0.3, -0.25) is 0 Å². The first kappa shape index (κ1) is 26.0. The van der Waals surface area contributed by atoms with Gasteiger partial charge in [-0.1, -0.05) is 107 Å². The van der Waals surface area contributed by atoms with Crippen molar-refractivity contribution in [3.8, 4) is 0 Å². The summed E-state index contributed by atoms with van der Waals surface area (Å²) in [6.45, 7) is 0. The SMILES string of the molecule is Clc1ccc(S[N]C(=N/C(=N/Sc2ccc(Cl)cc2Cl)c2ccccc2)c2ccccc2)c(Cl)c1. The average Bonchev–Trinajstić information content (AvgIpc) is 2.86. The van der Waals surface area contributed by atoms with E-state index < -0.39 is 0 Å². The molecule has 4 aromatic carbocycles. The Kier molecular flexibility index (Phi) is 9.44. The van der Waals surface area contributed by atoms with Crippen LogP contribution in [0.25, 0.3) is 0 Å². The van der Waals surface area contributed by atoms with Gasteiger partial charge >= 0.3 is 0 Å². The molecule has 0 aliphatic rings. The minimum absolute atomic E-state index is 0.493. The van der Waals surface area contributed by atoms with Gasteiger partial charge in [-0.05, 0) is 36.4 Å². The summed E-state index contributed by atoms with van der Waals surface area (Å²) in [5, 5.41) is 2.16. The van der Waals surface area contributed by atoms with Crippen LogP contribution >= 0.6 is 70.3 Å². The van der Waals surface area contributed by atoms with E-state index in [0.717, 1.165) is 20.9 Å². The zero-order chi connectivity index (χ0) is 24.6. The van der Waals surface area contributed by atoms with Crippen LogP contribution in [0.2, 0.25) is 20.1 Å². The number of rotatable bonds is 6. The van der Waals surface area contributed by atoms with Crippen molar-refractivity contribution < 1.29 is 0 Å². The fraction of sp³-hybridized carbons (Fsp3) is 0. The summed E-state index contributed by atoms with van der Waals surface area (Å²) in [5.41, 5.74) is 1.67. The van der Waals surface area contributed by atoms with Crippen molar-refractivity contribution in [2.24, 2.45) is 9.39 Å². The first-order valence-corrected chi connectivity index (χ1v) is 13.3. The van der Waals surface area contributed by atoms with Gasteiger partial charge in [-0.25, -0.2) is 4.99 Å². The lowest BCUT2D eigenvalue weighted by molar-refractivity contribution is 1.37. The smallest absolute Gasteiger partial charge is 0.169 e. The summed E-state index contributed by atoms with van der Waals surface area (Å²) in [6, 6.07) is 29.9. The van der Waals surface area contributed by atoms with Gasteiger partial charge < -0.3 is 0 Å². The van der Waals surface area contributed by atoms with Gasteiger partial charge in [0.05, 0.1) is 10.0 Å². The highest BCUT2D eigenvalue weighted by atomic mass is 35.5. The minimum Gasteiger partial charge on any atom is -0.207 e. The second-order valence-electron chi connectivity index (χ2n) is 7.01. The molecule has 4 aromatic rings. The van der Waals surface area contributed by atoms with Gasteiger partial charge in [0.25, 0.3) is 0 Å². The third-order valence-electron chi connectivity index (χ3n) is 4.52. The topological polar surface area (TPSA) is 38.8 Å². The molecule has 9 heteroatoms. The van der Waals surface area contributed by atoms with E-state index in [2.05, 4.69) is 0 Å². The quantitative estimate of drug-likeness (QED) is 0.130. The van der Waals surface area contributed by atoms with Crippen molar-refractivity contribution in [2.45, 2.75) is 9.79 Å². The normalized spacial score (nSPS) is 12.0. The van der Waals surface area contributed by atoms with Gasteiger partial charge in [0.2, 0.25) is 0 Å². The number of nitrogens with zero attached hydrogens (tertiary/aromatic N) is 3. The van der Waals surface area contributed by atoms with Crippen molar-refractivity contribution in [2.75, 3.05) is 0 Å². The summed E-state index contributed by atoms with van der Waals surface area (Å²) in [6.07, 6.45) is 0. The van der Waals surface area contributed by atoms with E-state index in [1.54, 1.807) is 24.3 Å². The van der Waals surface area contributed by atoms with Gasteiger partial charge in [-0.2, -0.15) is 9.12 Å². The van der Waals surface area contributed by atoms with Crippen LogP contribution in [0.15, 0.2) is 116 Å². The molecule has 0 amide bonds. The molecule has 35 heavy (non-hydrogen) atoms. The molecule has 0 bridgehead atoms. The van der Waals surface area contributed by atoms with Gasteiger partial charge in [-0.15, -0.1) is 0 Å². The summed E-state index contributed by atoms with van der Waals surface area (Å²) >= 11 is 27.2. The van der Waals surface area contributed by atoms with Crippen molar-refractivity contribution in [3.05, 3.63) is 128 Å². The monoisotopic (exact) mass is 574 g/mol. The third-order valence-corrected chi connectivity index (χ3v) is 7.48. The fourth-order valence-electron chi connectivity index (χ4n) is 2.83. The van der Waals surface area contributed by atoms with Crippen molar-refractivity contribution in [3.63, 3.8) is 0 Å². The molecule has 0 saturated heterocycles. The number of benzene rings is 4. The molecule has 175 valence electrons. The molecule has 0 fully saturated rings. The van der Waals surface area contributed by atoms with Crippen LogP contribution in [0.5, 0.6) is 0 Å².